The van der Waals surface area contributed by atoms with Crippen LogP contribution in [0.15, 0.2) is 30.3 Å². The maximum atomic E-state index is 12.7. The van der Waals surface area contributed by atoms with Crippen LogP contribution in [0.25, 0.3) is 0 Å². The van der Waals surface area contributed by atoms with Gasteiger partial charge in [-0.25, -0.2) is 4.79 Å². The van der Waals surface area contributed by atoms with Gasteiger partial charge in [0.15, 0.2) is 6.04 Å². The maximum Gasteiger partial charge on any atom is 0.328 e. The Labute approximate surface area is 180 Å². The summed E-state index contributed by atoms with van der Waals surface area (Å²) in [4.78, 5) is 48.5. The lowest BCUT2D eigenvalue weighted by molar-refractivity contribution is -0.145. The molecule has 6 atom stereocenters. The summed E-state index contributed by atoms with van der Waals surface area (Å²) >= 11 is 0. The highest BCUT2D eigenvalue weighted by Crippen LogP contribution is 2.05. The lowest BCUT2D eigenvalue weighted by atomic mass is 10.0. The highest BCUT2D eigenvalue weighted by atomic mass is 16.4. The van der Waals surface area contributed by atoms with Crippen LogP contribution >= 0.6 is 0 Å². The molecule has 0 aliphatic rings. The smallest absolute Gasteiger partial charge is 0.328 e. The molecular formula is C20H30N4O7. The monoisotopic (exact) mass is 438 g/mol. The molecule has 0 saturated heterocycles. The lowest BCUT2D eigenvalue weighted by Crippen LogP contribution is -2.58. The van der Waals surface area contributed by atoms with E-state index < -0.39 is 60.1 Å². The van der Waals surface area contributed by atoms with E-state index in [2.05, 4.69) is 16.0 Å². The fraction of sp³-hybridized carbons (Fsp3) is 0.500. The summed E-state index contributed by atoms with van der Waals surface area (Å²) in [6.45, 7) is 3.92. The van der Waals surface area contributed by atoms with Crippen molar-refractivity contribution in [2.45, 2.75) is 63.6 Å². The predicted octanol–water partition coefficient (Wildman–Crippen LogP) is -2.12. The number of aliphatic carboxylic acids is 1. The van der Waals surface area contributed by atoms with Crippen molar-refractivity contribution < 1.29 is 34.5 Å². The van der Waals surface area contributed by atoms with Crippen LogP contribution in [0.5, 0.6) is 0 Å². The zero-order chi connectivity index (χ0) is 23.7. The van der Waals surface area contributed by atoms with Gasteiger partial charge in [-0.2, -0.15) is 0 Å². The number of benzene rings is 1. The summed E-state index contributed by atoms with van der Waals surface area (Å²) in [6.07, 6.45) is -2.45. The average molecular weight is 438 g/mol. The summed E-state index contributed by atoms with van der Waals surface area (Å²) in [5.74, 6) is -3.71. The quantitative estimate of drug-likeness (QED) is 0.204. The fourth-order valence-corrected chi connectivity index (χ4v) is 2.59. The Bertz CT molecular complexity index is 770. The van der Waals surface area contributed by atoms with Crippen LogP contribution in [-0.2, 0) is 25.6 Å². The van der Waals surface area contributed by atoms with Crippen molar-refractivity contribution in [3.8, 4) is 0 Å². The van der Waals surface area contributed by atoms with Crippen LogP contribution in [-0.4, -0.2) is 75.4 Å². The van der Waals surface area contributed by atoms with Crippen LogP contribution in [0.2, 0.25) is 0 Å². The fourth-order valence-electron chi connectivity index (χ4n) is 2.59. The van der Waals surface area contributed by atoms with E-state index in [4.69, 9.17) is 5.73 Å². The number of amides is 3. The highest BCUT2D eigenvalue weighted by molar-refractivity contribution is 5.94. The molecule has 0 aromatic heterocycles. The minimum atomic E-state index is -1.57. The van der Waals surface area contributed by atoms with Gasteiger partial charge in [0, 0.05) is 6.42 Å². The Balaban J connectivity index is 2.95. The molecule has 1 rings (SSSR count). The number of hydrogen-bond acceptors (Lipinski definition) is 7. The van der Waals surface area contributed by atoms with E-state index in [0.29, 0.717) is 5.56 Å². The van der Waals surface area contributed by atoms with Crippen molar-refractivity contribution in [3.05, 3.63) is 35.9 Å². The topological polar surface area (TPSA) is 191 Å². The summed E-state index contributed by atoms with van der Waals surface area (Å²) in [5, 5.41) is 35.2. The summed E-state index contributed by atoms with van der Waals surface area (Å²) in [5.41, 5.74) is 6.23. The molecule has 0 aliphatic heterocycles. The van der Waals surface area contributed by atoms with Gasteiger partial charge >= 0.3 is 5.97 Å². The van der Waals surface area contributed by atoms with E-state index in [1.807, 2.05) is 0 Å². The van der Waals surface area contributed by atoms with E-state index in [1.165, 1.54) is 20.8 Å². The second-order valence-electron chi connectivity index (χ2n) is 7.31. The number of nitrogens with one attached hydrogen (secondary N) is 3. The van der Waals surface area contributed by atoms with Crippen molar-refractivity contribution in [1.29, 1.82) is 0 Å². The number of rotatable bonds is 11. The first-order valence-corrected chi connectivity index (χ1v) is 9.73. The predicted molar refractivity (Wildman–Crippen MR) is 111 cm³/mol. The Morgan fingerprint density at radius 1 is 0.871 bits per heavy atom. The lowest BCUT2D eigenvalue weighted by Gasteiger charge is -2.25. The number of carboxylic acid groups (broad SMARTS) is 1. The third kappa shape index (κ3) is 8.32. The molecule has 11 heteroatoms. The summed E-state index contributed by atoms with van der Waals surface area (Å²) < 4.78 is 0. The van der Waals surface area contributed by atoms with Gasteiger partial charge in [-0.05, 0) is 26.3 Å². The van der Waals surface area contributed by atoms with E-state index in [-0.39, 0.29) is 6.42 Å². The van der Waals surface area contributed by atoms with E-state index >= 15 is 0 Å². The molecule has 172 valence electrons. The Hall–Kier alpha value is -3.02. The number of hydrogen-bond donors (Lipinski definition) is 7. The Morgan fingerprint density at radius 3 is 1.94 bits per heavy atom. The largest absolute Gasteiger partial charge is 0.480 e. The van der Waals surface area contributed by atoms with Gasteiger partial charge in [0.25, 0.3) is 0 Å². The summed E-state index contributed by atoms with van der Waals surface area (Å²) in [7, 11) is 0. The first-order chi connectivity index (χ1) is 14.4. The molecule has 31 heavy (non-hydrogen) atoms. The second kappa shape index (κ2) is 12.0. The number of carbonyl (C=O) groups is 4. The Morgan fingerprint density at radius 2 is 1.45 bits per heavy atom. The second-order valence-corrected chi connectivity index (χ2v) is 7.31. The molecule has 0 fully saturated rings. The molecule has 8 N–H and O–H groups in total. The molecule has 1 aromatic carbocycles. The van der Waals surface area contributed by atoms with Gasteiger partial charge in [0.1, 0.15) is 18.1 Å². The van der Waals surface area contributed by atoms with E-state index in [1.54, 1.807) is 30.3 Å². The normalized spacial score (nSPS) is 16.7. The van der Waals surface area contributed by atoms with Crippen molar-refractivity contribution in [2.75, 3.05) is 0 Å². The van der Waals surface area contributed by atoms with Crippen molar-refractivity contribution in [3.63, 3.8) is 0 Å². The van der Waals surface area contributed by atoms with Crippen molar-refractivity contribution in [1.82, 2.24) is 16.0 Å². The third-order valence-corrected chi connectivity index (χ3v) is 4.54. The molecule has 0 aliphatic carbocycles. The van der Waals surface area contributed by atoms with Crippen LogP contribution in [0.1, 0.15) is 26.3 Å². The van der Waals surface area contributed by atoms with Gasteiger partial charge in [0.05, 0.1) is 12.2 Å². The minimum absolute atomic E-state index is 0.0401. The standard InChI is InChI=1S/C20H30N4O7/c1-10(22-19(29)15(21)11(2)25)17(27)23-14(9-13-7-5-4-6-8-13)18(28)24-16(12(3)26)20(30)31/h4-8,10-12,14-16,25-26H,9,21H2,1-3H3,(H,22,29)(H,23,27)(H,24,28)(H,30,31). The number of carbonyl (C=O) groups excluding carboxylic acids is 3. The highest BCUT2D eigenvalue weighted by Gasteiger charge is 2.31. The Kier molecular flexibility index (Phi) is 10.1. The number of aliphatic hydroxyl groups excluding tert-OH is 2. The molecule has 0 heterocycles. The maximum absolute atomic E-state index is 12.7. The van der Waals surface area contributed by atoms with Crippen molar-refractivity contribution in [2.24, 2.45) is 5.73 Å². The number of aliphatic hydroxyl groups is 2. The van der Waals surface area contributed by atoms with Crippen molar-refractivity contribution >= 4 is 23.7 Å². The van der Waals surface area contributed by atoms with Crippen LogP contribution in [0, 0.1) is 0 Å². The molecule has 3 amide bonds. The number of carboxylic acids is 1. The molecule has 11 nitrogen and oxygen atoms in total. The molecule has 0 saturated carbocycles. The third-order valence-electron chi connectivity index (χ3n) is 4.54. The molecule has 0 spiro atoms. The van der Waals surface area contributed by atoms with Gasteiger partial charge in [-0.15, -0.1) is 0 Å². The van der Waals surface area contributed by atoms with Crippen LogP contribution < -0.4 is 21.7 Å². The molecule has 0 bridgehead atoms. The first-order valence-electron chi connectivity index (χ1n) is 9.73. The zero-order valence-electron chi connectivity index (χ0n) is 17.6. The first kappa shape index (κ1) is 26.0. The average Bonchev–Trinajstić information content (AvgIpc) is 2.70. The van der Waals surface area contributed by atoms with E-state index in [0.717, 1.165) is 0 Å². The van der Waals surface area contributed by atoms with Gasteiger partial charge in [0.2, 0.25) is 17.7 Å². The molecule has 6 unspecified atom stereocenters. The van der Waals surface area contributed by atoms with Crippen LogP contribution in [0.4, 0.5) is 0 Å². The number of nitrogens with two attached hydrogens (primary N) is 1. The van der Waals surface area contributed by atoms with E-state index in [9.17, 15) is 34.5 Å². The van der Waals surface area contributed by atoms with Crippen LogP contribution in [0.3, 0.4) is 0 Å². The molecular weight excluding hydrogens is 408 g/mol. The summed E-state index contributed by atoms with van der Waals surface area (Å²) in [6, 6.07) is 3.63. The van der Waals surface area contributed by atoms with Gasteiger partial charge in [-0.3, -0.25) is 14.4 Å². The molecule has 0 radical (unpaired) electrons. The van der Waals surface area contributed by atoms with Gasteiger partial charge < -0.3 is 37.0 Å². The SMILES string of the molecule is CC(NC(=O)C(N)C(C)O)C(=O)NC(Cc1ccccc1)C(=O)NC(C(=O)O)C(C)O. The molecule has 1 aromatic rings. The zero-order valence-corrected chi connectivity index (χ0v) is 17.6. The minimum Gasteiger partial charge on any atom is -0.480 e. The van der Waals surface area contributed by atoms with Gasteiger partial charge in [-0.1, -0.05) is 30.3 Å².